The molecule has 2 aromatic heterocycles. The van der Waals surface area contributed by atoms with Crippen LogP contribution in [0.2, 0.25) is 0 Å². The topological polar surface area (TPSA) is 45.4 Å². The molecular formula is C24H28N4O. The third-order valence-corrected chi connectivity index (χ3v) is 6.66. The van der Waals surface area contributed by atoms with E-state index < -0.39 is 0 Å². The van der Waals surface area contributed by atoms with E-state index in [-0.39, 0.29) is 0 Å². The van der Waals surface area contributed by atoms with Gasteiger partial charge in [-0.2, -0.15) is 0 Å². The van der Waals surface area contributed by atoms with Crippen LogP contribution in [0.25, 0.3) is 0 Å². The second kappa shape index (κ2) is 8.09. The summed E-state index contributed by atoms with van der Waals surface area (Å²) in [4.78, 5) is 13.6. The minimum atomic E-state index is 0.356. The number of fused-ring (bicyclic) bond motifs is 1. The average Bonchev–Trinajstić information content (AvgIpc) is 3.44. The molecule has 2 aliphatic heterocycles. The summed E-state index contributed by atoms with van der Waals surface area (Å²) in [6, 6.07) is 13.0. The quantitative estimate of drug-likeness (QED) is 0.618. The molecule has 0 saturated carbocycles. The highest BCUT2D eigenvalue weighted by Crippen LogP contribution is 2.46. The van der Waals surface area contributed by atoms with Crippen LogP contribution >= 0.6 is 0 Å². The zero-order valence-electron chi connectivity index (χ0n) is 16.8. The van der Waals surface area contributed by atoms with Crippen LogP contribution < -0.4 is 0 Å². The monoisotopic (exact) mass is 388 g/mol. The van der Waals surface area contributed by atoms with Gasteiger partial charge in [-0.3, -0.25) is 9.80 Å². The van der Waals surface area contributed by atoms with Crippen LogP contribution in [0.3, 0.4) is 0 Å². The van der Waals surface area contributed by atoms with Gasteiger partial charge in [0.1, 0.15) is 6.33 Å². The van der Waals surface area contributed by atoms with Crippen molar-refractivity contribution in [2.75, 3.05) is 26.2 Å². The summed E-state index contributed by atoms with van der Waals surface area (Å²) in [5.41, 5.74) is 4.29. The van der Waals surface area contributed by atoms with Crippen LogP contribution in [0.1, 0.15) is 23.1 Å². The molecule has 5 rings (SSSR count). The number of hydrogen-bond donors (Lipinski definition) is 0. The van der Waals surface area contributed by atoms with E-state index in [1.807, 2.05) is 18.7 Å². The molecule has 5 heteroatoms. The van der Waals surface area contributed by atoms with Gasteiger partial charge in [-0.15, -0.1) is 0 Å². The molecule has 0 amide bonds. The first-order valence-electron chi connectivity index (χ1n) is 10.5. The molecule has 0 N–H and O–H groups in total. The van der Waals surface area contributed by atoms with Crippen LogP contribution in [0.4, 0.5) is 0 Å². The van der Waals surface area contributed by atoms with E-state index >= 15 is 0 Å². The van der Waals surface area contributed by atoms with Gasteiger partial charge in [-0.05, 0) is 30.4 Å². The lowest BCUT2D eigenvalue weighted by atomic mass is 9.76. The Balaban J connectivity index is 1.30. The molecule has 0 aliphatic carbocycles. The number of aromatic nitrogens is 2. The minimum absolute atomic E-state index is 0.356. The van der Waals surface area contributed by atoms with Crippen molar-refractivity contribution in [2.45, 2.75) is 25.9 Å². The number of likely N-dealkylation sites (tertiary alicyclic amines) is 2. The third-order valence-electron chi connectivity index (χ3n) is 6.66. The number of furan rings is 1. The van der Waals surface area contributed by atoms with Crippen LogP contribution in [0.5, 0.6) is 0 Å². The van der Waals surface area contributed by atoms with Gasteiger partial charge in [-0.25, -0.2) is 9.97 Å². The largest absolute Gasteiger partial charge is 0.472 e. The van der Waals surface area contributed by atoms with E-state index in [9.17, 15) is 0 Å². The third kappa shape index (κ3) is 4.11. The first-order chi connectivity index (χ1) is 14.3. The van der Waals surface area contributed by atoms with Crippen LogP contribution in [0.15, 0.2) is 72.1 Å². The fourth-order valence-corrected chi connectivity index (χ4v) is 5.35. The van der Waals surface area contributed by atoms with Crippen molar-refractivity contribution in [1.29, 1.82) is 0 Å². The molecule has 0 spiro atoms. The van der Waals surface area contributed by atoms with Crippen LogP contribution in [0, 0.1) is 11.3 Å². The lowest BCUT2D eigenvalue weighted by molar-refractivity contribution is 0.195. The molecule has 0 radical (unpaired) electrons. The highest BCUT2D eigenvalue weighted by Gasteiger charge is 2.51. The molecule has 3 aromatic rings. The van der Waals surface area contributed by atoms with Gasteiger partial charge in [0.15, 0.2) is 0 Å². The van der Waals surface area contributed by atoms with Crippen molar-refractivity contribution in [3.05, 3.63) is 84.3 Å². The minimum Gasteiger partial charge on any atom is -0.472 e. The number of aryl methyl sites for hydroxylation is 1. The summed E-state index contributed by atoms with van der Waals surface area (Å²) in [6.45, 7) is 6.59. The average molecular weight is 389 g/mol. The summed E-state index contributed by atoms with van der Waals surface area (Å²) >= 11 is 0. The number of hydrogen-bond acceptors (Lipinski definition) is 5. The van der Waals surface area contributed by atoms with E-state index in [0.29, 0.717) is 11.3 Å². The normalized spacial score (nSPS) is 24.8. The molecule has 29 heavy (non-hydrogen) atoms. The smallest absolute Gasteiger partial charge is 0.115 e. The van der Waals surface area contributed by atoms with Crippen molar-refractivity contribution in [3.8, 4) is 0 Å². The predicted molar refractivity (Wildman–Crippen MR) is 112 cm³/mol. The van der Waals surface area contributed by atoms with Gasteiger partial charge >= 0.3 is 0 Å². The van der Waals surface area contributed by atoms with Crippen LogP contribution in [-0.4, -0.2) is 45.9 Å². The first kappa shape index (κ1) is 18.5. The molecule has 4 heterocycles. The molecule has 150 valence electrons. The Kier molecular flexibility index (Phi) is 5.17. The second-order valence-electron chi connectivity index (χ2n) is 8.76. The zero-order valence-corrected chi connectivity index (χ0v) is 16.8. The maximum atomic E-state index is 5.29. The molecular weight excluding hydrogens is 360 g/mol. The Labute approximate surface area is 172 Å². The van der Waals surface area contributed by atoms with Gasteiger partial charge in [-0.1, -0.05) is 30.3 Å². The summed E-state index contributed by atoms with van der Waals surface area (Å²) in [5, 5.41) is 0. The van der Waals surface area contributed by atoms with Gasteiger partial charge in [0.05, 0.1) is 12.5 Å². The van der Waals surface area contributed by atoms with Crippen LogP contribution in [-0.2, 0) is 19.5 Å². The van der Waals surface area contributed by atoms with E-state index in [0.717, 1.165) is 39.1 Å². The summed E-state index contributed by atoms with van der Waals surface area (Å²) in [5.74, 6) is 0.711. The second-order valence-corrected chi connectivity index (χ2v) is 8.76. The summed E-state index contributed by atoms with van der Waals surface area (Å²) in [7, 11) is 0. The van der Waals surface area contributed by atoms with E-state index in [2.05, 4.69) is 56.2 Å². The van der Waals surface area contributed by atoms with Crippen molar-refractivity contribution in [2.24, 2.45) is 11.3 Å². The van der Waals surface area contributed by atoms with Gasteiger partial charge in [0, 0.05) is 68.2 Å². The highest BCUT2D eigenvalue weighted by atomic mass is 16.3. The molecule has 5 nitrogen and oxygen atoms in total. The Morgan fingerprint density at radius 1 is 0.897 bits per heavy atom. The van der Waals surface area contributed by atoms with Crippen molar-refractivity contribution < 1.29 is 4.42 Å². The predicted octanol–water partition coefficient (Wildman–Crippen LogP) is 3.64. The molecule has 2 aliphatic rings. The maximum absolute atomic E-state index is 5.29. The highest BCUT2D eigenvalue weighted by molar-refractivity contribution is 5.17. The molecule has 2 unspecified atom stereocenters. The Morgan fingerprint density at radius 2 is 1.62 bits per heavy atom. The van der Waals surface area contributed by atoms with E-state index in [1.54, 1.807) is 12.6 Å². The molecule has 0 bridgehead atoms. The molecule has 2 saturated heterocycles. The summed E-state index contributed by atoms with van der Waals surface area (Å²) in [6.07, 6.45) is 11.6. The molecule has 1 aromatic carbocycles. The standard InChI is InChI=1S/C24H28N4O/c1-2-4-20(5-3-1)6-8-24-17-27(12-21-7-9-29-16-21)14-23(24)15-28(18-24)13-22-10-25-19-26-11-22/h1-5,7,9-11,16,19,23H,6,8,12-15,17-18H2. The number of rotatable bonds is 7. The Hall–Kier alpha value is -2.50. The fourth-order valence-electron chi connectivity index (χ4n) is 5.35. The number of benzene rings is 1. The Bertz CT molecular complexity index is 899. The van der Waals surface area contributed by atoms with Crippen molar-refractivity contribution in [1.82, 2.24) is 19.8 Å². The summed E-state index contributed by atoms with van der Waals surface area (Å²) < 4.78 is 5.29. The van der Waals surface area contributed by atoms with Gasteiger partial charge in [0.2, 0.25) is 0 Å². The zero-order chi connectivity index (χ0) is 19.5. The molecule has 2 atom stereocenters. The van der Waals surface area contributed by atoms with Gasteiger partial charge < -0.3 is 4.42 Å². The lowest BCUT2D eigenvalue weighted by Gasteiger charge is -2.30. The van der Waals surface area contributed by atoms with E-state index in [1.165, 1.54) is 29.7 Å². The van der Waals surface area contributed by atoms with Gasteiger partial charge in [0.25, 0.3) is 0 Å². The van der Waals surface area contributed by atoms with E-state index in [4.69, 9.17) is 4.42 Å². The number of nitrogens with zero attached hydrogens (tertiary/aromatic N) is 4. The maximum Gasteiger partial charge on any atom is 0.115 e. The first-order valence-corrected chi connectivity index (χ1v) is 10.5. The van der Waals surface area contributed by atoms with Crippen molar-refractivity contribution >= 4 is 0 Å². The lowest BCUT2D eigenvalue weighted by Crippen LogP contribution is -2.34. The molecule has 2 fully saturated rings. The SMILES string of the molecule is c1ccc(CCC23CN(Cc4cncnc4)CC2CN(Cc2ccoc2)C3)cc1. The van der Waals surface area contributed by atoms with Crippen molar-refractivity contribution in [3.63, 3.8) is 0 Å². The Morgan fingerprint density at radius 3 is 2.31 bits per heavy atom. The fraction of sp³-hybridized carbons (Fsp3) is 0.417.